The van der Waals surface area contributed by atoms with E-state index in [2.05, 4.69) is 9.97 Å². The van der Waals surface area contributed by atoms with Gasteiger partial charge in [-0.1, -0.05) is 11.6 Å². The zero-order valence-corrected chi connectivity index (χ0v) is 12.2. The van der Waals surface area contributed by atoms with E-state index in [1.165, 1.54) is 0 Å². The molecule has 1 unspecified atom stereocenters. The van der Waals surface area contributed by atoms with Gasteiger partial charge in [0.1, 0.15) is 11.3 Å². The van der Waals surface area contributed by atoms with Gasteiger partial charge >= 0.3 is 0 Å². The first-order valence-corrected chi connectivity index (χ1v) is 6.88. The molecule has 0 spiro atoms. The Bertz CT molecular complexity index is 645. The topological polar surface area (TPSA) is 53.5 Å². The Labute approximate surface area is 125 Å². The van der Waals surface area contributed by atoms with Crippen LogP contribution >= 0.6 is 23.2 Å². The predicted molar refractivity (Wildman–Crippen MR) is 76.0 cm³/mol. The zero-order chi connectivity index (χ0) is 14.1. The standard InChI is InChI=1S/C13H12Cl2N2O3/c1-18-10-5-9-8(12(14)17-13(15)16-9)4-11(10)20-7-2-3-19-6-7/h4-5,7H,2-3,6H2,1H3. The normalized spacial score (nSPS) is 18.4. The van der Waals surface area contributed by atoms with Crippen molar-refractivity contribution in [1.82, 2.24) is 9.97 Å². The summed E-state index contributed by atoms with van der Waals surface area (Å²) in [5.41, 5.74) is 0.613. The number of benzene rings is 1. The molecule has 7 heteroatoms. The Morgan fingerprint density at radius 2 is 2.10 bits per heavy atom. The molecule has 1 atom stereocenters. The Morgan fingerprint density at radius 1 is 1.25 bits per heavy atom. The molecule has 1 aromatic carbocycles. The second-order valence-electron chi connectivity index (χ2n) is 4.41. The van der Waals surface area contributed by atoms with Gasteiger partial charge in [0.05, 0.1) is 25.8 Å². The van der Waals surface area contributed by atoms with Gasteiger partial charge in [0, 0.05) is 17.9 Å². The van der Waals surface area contributed by atoms with Crippen molar-refractivity contribution in [3.05, 3.63) is 22.6 Å². The van der Waals surface area contributed by atoms with Crippen molar-refractivity contribution in [3.8, 4) is 11.5 Å². The van der Waals surface area contributed by atoms with Crippen LogP contribution in [0.25, 0.3) is 10.9 Å². The van der Waals surface area contributed by atoms with Crippen LogP contribution in [0.2, 0.25) is 10.4 Å². The van der Waals surface area contributed by atoms with Gasteiger partial charge in [-0.15, -0.1) is 0 Å². The minimum Gasteiger partial charge on any atom is -0.493 e. The molecule has 1 fully saturated rings. The third-order valence-electron chi connectivity index (χ3n) is 3.09. The number of rotatable bonds is 3. The van der Waals surface area contributed by atoms with Crippen molar-refractivity contribution in [2.75, 3.05) is 20.3 Å². The summed E-state index contributed by atoms with van der Waals surface area (Å²) in [7, 11) is 1.57. The van der Waals surface area contributed by atoms with E-state index in [4.69, 9.17) is 37.4 Å². The van der Waals surface area contributed by atoms with Crippen LogP contribution in [0.5, 0.6) is 11.5 Å². The summed E-state index contributed by atoms with van der Waals surface area (Å²) in [6, 6.07) is 3.51. The molecule has 0 bridgehead atoms. The SMILES string of the molecule is COc1cc2nc(Cl)nc(Cl)c2cc1OC1CCOC1. The van der Waals surface area contributed by atoms with Crippen molar-refractivity contribution in [1.29, 1.82) is 0 Å². The number of hydrogen-bond donors (Lipinski definition) is 0. The molecule has 0 amide bonds. The lowest BCUT2D eigenvalue weighted by molar-refractivity contribution is 0.139. The first-order valence-electron chi connectivity index (χ1n) is 6.12. The van der Waals surface area contributed by atoms with Gasteiger partial charge in [0.25, 0.3) is 0 Å². The highest BCUT2D eigenvalue weighted by Crippen LogP contribution is 2.35. The van der Waals surface area contributed by atoms with E-state index in [0.29, 0.717) is 35.6 Å². The van der Waals surface area contributed by atoms with Gasteiger partial charge in [0.2, 0.25) is 5.28 Å². The van der Waals surface area contributed by atoms with E-state index in [0.717, 1.165) is 6.42 Å². The largest absolute Gasteiger partial charge is 0.493 e. The molecule has 20 heavy (non-hydrogen) atoms. The predicted octanol–water partition coefficient (Wildman–Crippen LogP) is 3.11. The summed E-state index contributed by atoms with van der Waals surface area (Å²) < 4.78 is 16.5. The van der Waals surface area contributed by atoms with Crippen LogP contribution in [0.15, 0.2) is 12.1 Å². The van der Waals surface area contributed by atoms with E-state index in [9.17, 15) is 0 Å². The summed E-state index contributed by atoms with van der Waals surface area (Å²) in [6.45, 7) is 1.28. The van der Waals surface area contributed by atoms with Crippen LogP contribution in [-0.4, -0.2) is 36.4 Å². The van der Waals surface area contributed by atoms with Crippen molar-refractivity contribution >= 4 is 34.1 Å². The quantitative estimate of drug-likeness (QED) is 0.643. The van der Waals surface area contributed by atoms with E-state index in [-0.39, 0.29) is 16.5 Å². The van der Waals surface area contributed by atoms with Crippen LogP contribution in [0.1, 0.15) is 6.42 Å². The first kappa shape index (κ1) is 13.7. The van der Waals surface area contributed by atoms with Crippen molar-refractivity contribution < 1.29 is 14.2 Å². The van der Waals surface area contributed by atoms with E-state index >= 15 is 0 Å². The second-order valence-corrected chi connectivity index (χ2v) is 5.10. The number of ether oxygens (including phenoxy) is 3. The molecule has 0 N–H and O–H groups in total. The third-order valence-corrected chi connectivity index (χ3v) is 3.55. The molecule has 1 saturated heterocycles. The summed E-state index contributed by atoms with van der Waals surface area (Å²) in [4.78, 5) is 8.06. The molecule has 5 nitrogen and oxygen atoms in total. The highest BCUT2D eigenvalue weighted by molar-refractivity contribution is 6.35. The average Bonchev–Trinajstić information content (AvgIpc) is 2.91. The van der Waals surface area contributed by atoms with Gasteiger partial charge in [-0.3, -0.25) is 0 Å². The van der Waals surface area contributed by atoms with Gasteiger partial charge in [-0.2, -0.15) is 0 Å². The molecule has 1 aliphatic rings. The Morgan fingerprint density at radius 3 is 2.80 bits per heavy atom. The summed E-state index contributed by atoms with van der Waals surface area (Å²) in [6.07, 6.45) is 0.875. The van der Waals surface area contributed by atoms with E-state index in [1.807, 2.05) is 0 Å². The molecule has 2 heterocycles. The van der Waals surface area contributed by atoms with Crippen molar-refractivity contribution in [2.45, 2.75) is 12.5 Å². The van der Waals surface area contributed by atoms with Gasteiger partial charge in [0.15, 0.2) is 11.5 Å². The molecule has 1 aliphatic heterocycles. The highest BCUT2D eigenvalue weighted by Gasteiger charge is 2.20. The average molecular weight is 315 g/mol. The number of aromatic nitrogens is 2. The molecular formula is C13H12Cl2N2O3. The van der Waals surface area contributed by atoms with Crippen LogP contribution in [0, 0.1) is 0 Å². The molecule has 0 aliphatic carbocycles. The summed E-state index contributed by atoms with van der Waals surface area (Å²) >= 11 is 11.9. The summed E-state index contributed by atoms with van der Waals surface area (Å²) in [5, 5.41) is 1.06. The van der Waals surface area contributed by atoms with Gasteiger partial charge in [-0.25, -0.2) is 9.97 Å². The van der Waals surface area contributed by atoms with E-state index in [1.54, 1.807) is 19.2 Å². The van der Waals surface area contributed by atoms with Gasteiger partial charge in [-0.05, 0) is 17.7 Å². The maximum Gasteiger partial charge on any atom is 0.224 e. The fourth-order valence-corrected chi connectivity index (χ4v) is 2.56. The fourth-order valence-electron chi connectivity index (χ4n) is 2.11. The van der Waals surface area contributed by atoms with Crippen LogP contribution < -0.4 is 9.47 Å². The fraction of sp³-hybridized carbons (Fsp3) is 0.385. The van der Waals surface area contributed by atoms with Crippen LogP contribution in [-0.2, 0) is 4.74 Å². The minimum absolute atomic E-state index is 0.0216. The van der Waals surface area contributed by atoms with Gasteiger partial charge < -0.3 is 14.2 Å². The lowest BCUT2D eigenvalue weighted by Crippen LogP contribution is -2.16. The first-order chi connectivity index (χ1) is 9.67. The number of nitrogens with zero attached hydrogens (tertiary/aromatic N) is 2. The number of halogens is 2. The van der Waals surface area contributed by atoms with Crippen molar-refractivity contribution in [3.63, 3.8) is 0 Å². The molecule has 1 aromatic heterocycles. The lowest BCUT2D eigenvalue weighted by atomic mass is 10.2. The molecule has 106 valence electrons. The summed E-state index contributed by atoms with van der Waals surface area (Å²) in [5.74, 6) is 1.18. The number of methoxy groups -OCH3 is 1. The Balaban J connectivity index is 2.05. The molecule has 0 radical (unpaired) electrons. The number of fused-ring (bicyclic) bond motifs is 1. The highest BCUT2D eigenvalue weighted by atomic mass is 35.5. The lowest BCUT2D eigenvalue weighted by Gasteiger charge is -2.15. The Kier molecular flexibility index (Phi) is 3.83. The van der Waals surface area contributed by atoms with Crippen LogP contribution in [0.4, 0.5) is 0 Å². The molecule has 0 saturated carbocycles. The van der Waals surface area contributed by atoms with E-state index < -0.39 is 0 Å². The van der Waals surface area contributed by atoms with Crippen LogP contribution in [0.3, 0.4) is 0 Å². The monoisotopic (exact) mass is 314 g/mol. The molecule has 3 rings (SSSR count). The minimum atomic E-state index is 0.0216. The maximum atomic E-state index is 6.09. The maximum absolute atomic E-state index is 6.09. The molecular weight excluding hydrogens is 303 g/mol. The smallest absolute Gasteiger partial charge is 0.224 e. The third kappa shape index (κ3) is 2.61. The second kappa shape index (κ2) is 5.60. The zero-order valence-electron chi connectivity index (χ0n) is 10.7. The Hall–Kier alpha value is -1.30. The molecule has 2 aromatic rings. The van der Waals surface area contributed by atoms with Crippen molar-refractivity contribution in [2.24, 2.45) is 0 Å². The number of hydrogen-bond acceptors (Lipinski definition) is 5.